The van der Waals surface area contributed by atoms with E-state index in [9.17, 15) is 0 Å². The number of hydrogen-bond acceptors (Lipinski definition) is 4. The summed E-state index contributed by atoms with van der Waals surface area (Å²) < 4.78 is 2.06. The van der Waals surface area contributed by atoms with Gasteiger partial charge in [0.1, 0.15) is 5.82 Å². The van der Waals surface area contributed by atoms with Gasteiger partial charge >= 0.3 is 0 Å². The second kappa shape index (κ2) is 6.39. The van der Waals surface area contributed by atoms with E-state index in [1.807, 2.05) is 0 Å². The van der Waals surface area contributed by atoms with E-state index in [-0.39, 0.29) is 0 Å². The van der Waals surface area contributed by atoms with Gasteiger partial charge in [-0.3, -0.25) is 4.68 Å². The second-order valence-corrected chi connectivity index (χ2v) is 8.09. The number of aryl methyl sites for hydroxylation is 2. The van der Waals surface area contributed by atoms with Gasteiger partial charge < -0.3 is 10.2 Å². The zero-order valence-electron chi connectivity index (χ0n) is 13.6. The molecule has 5 heteroatoms. The number of thioether (sulfide) groups is 1. The van der Waals surface area contributed by atoms with Crippen LogP contribution in [0, 0.1) is 6.92 Å². The quantitative estimate of drug-likeness (QED) is 0.926. The van der Waals surface area contributed by atoms with Gasteiger partial charge in [-0.25, -0.2) is 0 Å². The van der Waals surface area contributed by atoms with Gasteiger partial charge in [-0.1, -0.05) is 27.7 Å². The number of anilines is 1. The van der Waals surface area contributed by atoms with E-state index in [1.54, 1.807) is 0 Å². The molecule has 1 aromatic rings. The van der Waals surface area contributed by atoms with Crippen LogP contribution in [0.4, 0.5) is 5.82 Å². The highest BCUT2D eigenvalue weighted by molar-refractivity contribution is 8.00. The predicted molar refractivity (Wildman–Crippen MR) is 88.6 cm³/mol. The van der Waals surface area contributed by atoms with Crippen LogP contribution in [0.1, 0.15) is 39.0 Å². The average Bonchev–Trinajstić information content (AvgIpc) is 2.59. The fraction of sp³-hybridized carbons (Fsp3) is 0.800. The second-order valence-electron chi connectivity index (χ2n) is 6.21. The number of nitrogens with zero attached hydrogens (tertiary/aromatic N) is 3. The van der Waals surface area contributed by atoms with Crippen molar-refractivity contribution in [3.05, 3.63) is 11.3 Å². The molecule has 2 heterocycles. The Morgan fingerprint density at radius 3 is 2.45 bits per heavy atom. The first-order chi connectivity index (χ1) is 9.38. The van der Waals surface area contributed by atoms with Crippen LogP contribution in [0.25, 0.3) is 0 Å². The molecule has 1 aliphatic heterocycles. The Kier molecular flexibility index (Phi) is 5.02. The van der Waals surface area contributed by atoms with E-state index in [0.717, 1.165) is 25.3 Å². The van der Waals surface area contributed by atoms with E-state index in [2.05, 4.69) is 73.4 Å². The van der Waals surface area contributed by atoms with Gasteiger partial charge in [0, 0.05) is 48.8 Å². The topological polar surface area (TPSA) is 33.1 Å². The molecule has 2 unspecified atom stereocenters. The molecule has 0 amide bonds. The number of hydrogen-bond donors (Lipinski definition) is 1. The van der Waals surface area contributed by atoms with Crippen LogP contribution < -0.4 is 10.2 Å². The van der Waals surface area contributed by atoms with Crippen molar-refractivity contribution >= 4 is 17.6 Å². The minimum Gasteiger partial charge on any atom is -0.354 e. The van der Waals surface area contributed by atoms with Crippen LogP contribution in [0.5, 0.6) is 0 Å². The average molecular weight is 296 g/mol. The SMILES string of the molecule is Cc1nn(C)c(N2CC(C)SC(C)C2)c1CNC(C)C. The lowest BCUT2D eigenvalue weighted by Crippen LogP contribution is -2.42. The Labute approximate surface area is 127 Å². The van der Waals surface area contributed by atoms with E-state index >= 15 is 0 Å². The summed E-state index contributed by atoms with van der Waals surface area (Å²) in [6, 6.07) is 0.497. The van der Waals surface area contributed by atoms with Crippen molar-refractivity contribution < 1.29 is 0 Å². The van der Waals surface area contributed by atoms with Crippen molar-refractivity contribution in [3.63, 3.8) is 0 Å². The molecule has 114 valence electrons. The Balaban J connectivity index is 2.25. The van der Waals surface area contributed by atoms with Crippen molar-refractivity contribution in [2.45, 2.75) is 57.7 Å². The number of rotatable bonds is 4. The summed E-state index contributed by atoms with van der Waals surface area (Å²) in [5, 5.41) is 9.54. The summed E-state index contributed by atoms with van der Waals surface area (Å²) in [5.74, 6) is 1.30. The zero-order valence-corrected chi connectivity index (χ0v) is 14.4. The zero-order chi connectivity index (χ0) is 14.9. The Morgan fingerprint density at radius 2 is 1.90 bits per heavy atom. The molecule has 1 aromatic heterocycles. The first-order valence-electron chi connectivity index (χ1n) is 7.54. The lowest BCUT2D eigenvalue weighted by atomic mass is 10.2. The summed E-state index contributed by atoms with van der Waals surface area (Å²) >= 11 is 2.09. The largest absolute Gasteiger partial charge is 0.354 e. The first-order valence-corrected chi connectivity index (χ1v) is 8.49. The molecule has 0 aliphatic carbocycles. The smallest absolute Gasteiger partial charge is 0.131 e. The van der Waals surface area contributed by atoms with Gasteiger partial charge in [-0.2, -0.15) is 16.9 Å². The maximum Gasteiger partial charge on any atom is 0.131 e. The lowest BCUT2D eigenvalue weighted by Gasteiger charge is -2.36. The van der Waals surface area contributed by atoms with Gasteiger partial charge in [-0.05, 0) is 6.92 Å². The minimum absolute atomic E-state index is 0.497. The third kappa shape index (κ3) is 3.50. The van der Waals surface area contributed by atoms with E-state index in [0.29, 0.717) is 16.5 Å². The molecule has 0 bridgehead atoms. The molecule has 1 N–H and O–H groups in total. The van der Waals surface area contributed by atoms with Crippen LogP contribution >= 0.6 is 11.8 Å². The lowest BCUT2D eigenvalue weighted by molar-refractivity contribution is 0.584. The Morgan fingerprint density at radius 1 is 1.30 bits per heavy atom. The molecule has 0 radical (unpaired) electrons. The monoisotopic (exact) mass is 296 g/mol. The maximum atomic E-state index is 4.64. The van der Waals surface area contributed by atoms with E-state index in [4.69, 9.17) is 0 Å². The Hall–Kier alpha value is -0.680. The molecule has 1 fully saturated rings. The van der Waals surface area contributed by atoms with Crippen molar-refractivity contribution in [2.75, 3.05) is 18.0 Å². The van der Waals surface area contributed by atoms with E-state index < -0.39 is 0 Å². The molecule has 0 saturated carbocycles. The van der Waals surface area contributed by atoms with Gasteiger partial charge in [-0.15, -0.1) is 0 Å². The molecule has 2 atom stereocenters. The fourth-order valence-corrected chi connectivity index (χ4v) is 4.27. The summed E-state index contributed by atoms with van der Waals surface area (Å²) in [4.78, 5) is 2.52. The number of aromatic nitrogens is 2. The highest BCUT2D eigenvalue weighted by Gasteiger charge is 2.27. The molecule has 4 nitrogen and oxygen atoms in total. The highest BCUT2D eigenvalue weighted by Crippen LogP contribution is 2.31. The minimum atomic E-state index is 0.497. The molecular formula is C15H28N4S. The van der Waals surface area contributed by atoms with Crippen LogP contribution in [0.15, 0.2) is 0 Å². The summed E-state index contributed by atoms with van der Waals surface area (Å²) in [6.07, 6.45) is 0. The summed E-state index contributed by atoms with van der Waals surface area (Å²) in [6.45, 7) is 14.3. The molecule has 1 aliphatic rings. The van der Waals surface area contributed by atoms with Crippen molar-refractivity contribution in [1.29, 1.82) is 0 Å². The number of nitrogens with one attached hydrogen (secondary N) is 1. The Bertz CT molecular complexity index is 445. The summed E-state index contributed by atoms with van der Waals surface area (Å²) in [7, 11) is 2.07. The van der Waals surface area contributed by atoms with Crippen LogP contribution in [0.3, 0.4) is 0 Å². The standard InChI is InChI=1S/C15H28N4S/c1-10(2)16-7-14-13(5)17-18(6)15(14)19-8-11(3)20-12(4)9-19/h10-12,16H,7-9H2,1-6H3. The molecule has 20 heavy (non-hydrogen) atoms. The van der Waals surface area contributed by atoms with Gasteiger partial charge in [0.2, 0.25) is 0 Å². The van der Waals surface area contributed by atoms with Gasteiger partial charge in [0.15, 0.2) is 0 Å². The molecule has 0 spiro atoms. The molecular weight excluding hydrogens is 268 g/mol. The van der Waals surface area contributed by atoms with Crippen LogP contribution in [-0.4, -0.2) is 39.4 Å². The summed E-state index contributed by atoms with van der Waals surface area (Å²) in [5.41, 5.74) is 2.50. The van der Waals surface area contributed by atoms with Crippen molar-refractivity contribution in [3.8, 4) is 0 Å². The van der Waals surface area contributed by atoms with Crippen molar-refractivity contribution in [2.24, 2.45) is 7.05 Å². The first kappa shape index (κ1) is 15.7. The van der Waals surface area contributed by atoms with Gasteiger partial charge in [0.25, 0.3) is 0 Å². The third-order valence-corrected chi connectivity index (χ3v) is 4.95. The van der Waals surface area contributed by atoms with Crippen LogP contribution in [-0.2, 0) is 13.6 Å². The normalized spacial score (nSPS) is 23.6. The molecule has 2 rings (SSSR count). The maximum absolute atomic E-state index is 4.64. The van der Waals surface area contributed by atoms with Gasteiger partial charge in [0.05, 0.1) is 5.69 Å². The third-order valence-electron chi connectivity index (χ3n) is 3.72. The predicted octanol–water partition coefficient (Wildman–Crippen LogP) is 2.56. The molecule has 1 saturated heterocycles. The van der Waals surface area contributed by atoms with Crippen molar-refractivity contribution in [1.82, 2.24) is 15.1 Å². The molecule has 0 aromatic carbocycles. The van der Waals surface area contributed by atoms with E-state index in [1.165, 1.54) is 11.4 Å². The van der Waals surface area contributed by atoms with Crippen LogP contribution in [0.2, 0.25) is 0 Å². The fourth-order valence-electron chi connectivity index (χ4n) is 2.95. The highest BCUT2D eigenvalue weighted by atomic mass is 32.2.